The Kier molecular flexibility index (Phi) is 10.1. The summed E-state index contributed by atoms with van der Waals surface area (Å²) in [6, 6.07) is 18.6. The van der Waals surface area contributed by atoms with Gasteiger partial charge in [-0.1, -0.05) is 0 Å². The summed E-state index contributed by atoms with van der Waals surface area (Å²) in [4.78, 5) is 0. The molecule has 3 aromatic rings. The summed E-state index contributed by atoms with van der Waals surface area (Å²) in [5.41, 5.74) is 5.95. The Morgan fingerprint density at radius 2 is 1.17 bits per heavy atom. The van der Waals surface area contributed by atoms with E-state index in [0.717, 1.165) is 51.8 Å². The summed E-state index contributed by atoms with van der Waals surface area (Å²) in [5, 5.41) is 32.3. The number of aromatic hydroxyl groups is 2. The first kappa shape index (κ1) is 32.1. The van der Waals surface area contributed by atoms with Crippen LogP contribution < -0.4 is 0 Å². The monoisotopic (exact) mass is 737 g/mol. The van der Waals surface area contributed by atoms with Crippen molar-refractivity contribution < 1.29 is 28.1 Å². The molecule has 4 rings (SSSR count). The standard InChI is InChI=1S/C30H36O2.C6H11N3.W/c1-19(2)18-24-20(22-14-10-16-25(27(22)31)29(3,4)5)12-9-13-21(24)23-15-11-17-26(28(23)32)30(6,7)8;7-9-8-6-4-2-1-3-5-6;/h9-17,19,31-32H,1-8H3;6H,1-5H2;. The SMILES string of the molecule is CC(C)[C](=[W]=[N]N=NC1CCCCC1)c1c(-c2cccc(C(C)(C)C)c2O)cccc1-c1cccc(C(C)(C)C)c1O. The third kappa shape index (κ3) is 7.22. The van der Waals surface area contributed by atoms with Gasteiger partial charge in [0.05, 0.1) is 0 Å². The molecule has 0 atom stereocenters. The quantitative estimate of drug-likeness (QED) is 0.195. The van der Waals surface area contributed by atoms with Crippen molar-refractivity contribution in [2.24, 2.45) is 19.9 Å². The second kappa shape index (κ2) is 13.2. The summed E-state index contributed by atoms with van der Waals surface area (Å²) >= 11 is -1.52. The van der Waals surface area contributed by atoms with Crippen molar-refractivity contribution in [3.8, 4) is 33.8 Å². The van der Waals surface area contributed by atoms with E-state index >= 15 is 0 Å². The van der Waals surface area contributed by atoms with Crippen LogP contribution in [0, 0.1) is 5.92 Å². The summed E-state index contributed by atoms with van der Waals surface area (Å²) in [5.74, 6) is 0.820. The first-order valence-corrected chi connectivity index (χ1v) is 18.0. The molecule has 0 aromatic heterocycles. The van der Waals surface area contributed by atoms with Crippen molar-refractivity contribution in [1.29, 1.82) is 0 Å². The maximum absolute atomic E-state index is 11.6. The number of phenols is 2. The third-order valence-electron chi connectivity index (χ3n) is 8.07. The second-order valence-corrected chi connectivity index (χ2v) is 16.6. The van der Waals surface area contributed by atoms with Gasteiger partial charge >= 0.3 is 261 Å². The number of nitrogens with zero attached hydrogens (tertiary/aromatic N) is 3. The minimum atomic E-state index is -1.52. The number of para-hydroxylation sites is 2. The first-order valence-electron chi connectivity index (χ1n) is 15.2. The van der Waals surface area contributed by atoms with Crippen molar-refractivity contribution in [3.05, 3.63) is 71.3 Å². The van der Waals surface area contributed by atoms with E-state index in [-0.39, 0.29) is 16.7 Å². The van der Waals surface area contributed by atoms with E-state index in [0.29, 0.717) is 17.5 Å². The normalized spacial score (nSPS) is 14.9. The molecule has 42 heavy (non-hydrogen) atoms. The van der Waals surface area contributed by atoms with Crippen molar-refractivity contribution >= 4 is 3.90 Å². The Hall–Kier alpha value is -2.78. The molecule has 1 aliphatic rings. The number of rotatable bonds is 6. The molecule has 0 heterocycles. The van der Waals surface area contributed by atoms with E-state index in [2.05, 4.69) is 77.9 Å². The topological polar surface area (TPSA) is 77.5 Å². The Morgan fingerprint density at radius 1 is 0.714 bits per heavy atom. The van der Waals surface area contributed by atoms with Crippen LogP contribution in [-0.4, -0.2) is 20.2 Å². The van der Waals surface area contributed by atoms with Crippen LogP contribution in [0.25, 0.3) is 22.3 Å². The number of hydrogen-bond acceptors (Lipinski definition) is 4. The van der Waals surface area contributed by atoms with E-state index in [9.17, 15) is 10.2 Å². The molecule has 5 nitrogen and oxygen atoms in total. The van der Waals surface area contributed by atoms with Gasteiger partial charge in [-0.25, -0.2) is 0 Å². The molecule has 0 radical (unpaired) electrons. The average molecular weight is 738 g/mol. The molecule has 1 aliphatic carbocycles. The molecule has 3 aromatic carbocycles. The molecule has 0 saturated heterocycles. The zero-order chi connectivity index (χ0) is 30.7. The van der Waals surface area contributed by atoms with Gasteiger partial charge in [0.2, 0.25) is 0 Å². The van der Waals surface area contributed by atoms with Gasteiger partial charge in [-0.2, -0.15) is 0 Å². The van der Waals surface area contributed by atoms with Crippen molar-refractivity contribution in [3.63, 3.8) is 0 Å². The van der Waals surface area contributed by atoms with Crippen LogP contribution in [0.15, 0.2) is 68.5 Å². The molecule has 0 amide bonds. The fourth-order valence-corrected chi connectivity index (χ4v) is 8.27. The van der Waals surface area contributed by atoms with Gasteiger partial charge in [-0.3, -0.25) is 0 Å². The van der Waals surface area contributed by atoms with E-state index in [1.165, 1.54) is 23.2 Å². The van der Waals surface area contributed by atoms with Gasteiger partial charge in [-0.05, 0) is 0 Å². The second-order valence-electron chi connectivity index (χ2n) is 13.8. The zero-order valence-corrected chi connectivity index (χ0v) is 29.5. The summed E-state index contributed by atoms with van der Waals surface area (Å²) < 4.78 is 6.01. The van der Waals surface area contributed by atoms with Crippen LogP contribution >= 0.6 is 0 Å². The molecular weight excluding hydrogens is 690 g/mol. The summed E-state index contributed by atoms with van der Waals surface area (Å²) in [6.45, 7) is 17.1. The number of phenolic OH excluding ortho intramolecular Hbond substituents is 2. The number of hydrogen-bond donors (Lipinski definition) is 2. The van der Waals surface area contributed by atoms with E-state index < -0.39 is 17.9 Å². The Morgan fingerprint density at radius 3 is 1.62 bits per heavy atom. The van der Waals surface area contributed by atoms with E-state index in [1.807, 2.05) is 42.5 Å². The third-order valence-corrected chi connectivity index (χ3v) is 11.8. The van der Waals surface area contributed by atoms with Gasteiger partial charge in [0.15, 0.2) is 0 Å². The first-order chi connectivity index (χ1) is 19.8. The van der Waals surface area contributed by atoms with Crippen LogP contribution in [-0.2, 0) is 28.7 Å². The van der Waals surface area contributed by atoms with Gasteiger partial charge in [0.25, 0.3) is 0 Å². The molecule has 1 fully saturated rings. The van der Waals surface area contributed by atoms with Gasteiger partial charge < -0.3 is 0 Å². The fourth-order valence-electron chi connectivity index (χ4n) is 5.79. The molecule has 224 valence electrons. The molecule has 0 unspecified atom stereocenters. The minimum absolute atomic E-state index is 0.212. The molecule has 0 bridgehead atoms. The Labute approximate surface area is 260 Å². The van der Waals surface area contributed by atoms with Crippen LogP contribution in [0.2, 0.25) is 0 Å². The maximum atomic E-state index is 11.6. The average Bonchev–Trinajstić information content (AvgIpc) is 2.92. The zero-order valence-electron chi connectivity index (χ0n) is 26.5. The van der Waals surface area contributed by atoms with Crippen LogP contribution in [0.5, 0.6) is 11.5 Å². The van der Waals surface area contributed by atoms with Gasteiger partial charge in [0, 0.05) is 0 Å². The molecule has 0 spiro atoms. The molecule has 6 heteroatoms. The molecular formula is C36H47N3O2W. The summed E-state index contributed by atoms with van der Waals surface area (Å²) in [6.07, 6.45) is 5.93. The van der Waals surface area contributed by atoms with E-state index in [4.69, 9.17) is 3.60 Å². The number of benzene rings is 3. The van der Waals surface area contributed by atoms with Crippen molar-refractivity contribution in [1.82, 2.24) is 0 Å². The van der Waals surface area contributed by atoms with Gasteiger partial charge in [0.1, 0.15) is 0 Å². The van der Waals surface area contributed by atoms with Crippen LogP contribution in [0.4, 0.5) is 0 Å². The van der Waals surface area contributed by atoms with Crippen LogP contribution in [0.3, 0.4) is 0 Å². The van der Waals surface area contributed by atoms with Crippen molar-refractivity contribution in [2.45, 2.75) is 104 Å². The fraction of sp³-hybridized carbons (Fsp3) is 0.472. The van der Waals surface area contributed by atoms with Crippen LogP contribution in [0.1, 0.15) is 104 Å². The Bertz CT molecular complexity index is 1430. The summed E-state index contributed by atoms with van der Waals surface area (Å²) in [7, 11) is 0. The predicted octanol–water partition coefficient (Wildman–Crippen LogP) is 10.2. The van der Waals surface area contributed by atoms with E-state index in [1.54, 1.807) is 0 Å². The Balaban J connectivity index is 2.02. The molecule has 0 aliphatic heterocycles. The molecule has 1 saturated carbocycles. The van der Waals surface area contributed by atoms with Crippen molar-refractivity contribution in [2.75, 3.05) is 0 Å². The predicted molar refractivity (Wildman–Crippen MR) is 171 cm³/mol. The molecule has 2 N–H and O–H groups in total. The van der Waals surface area contributed by atoms with Gasteiger partial charge in [-0.15, -0.1) is 0 Å².